The minimum Gasteiger partial charge on any atom is -0.325 e. The van der Waals surface area contributed by atoms with E-state index in [4.69, 9.17) is 23.2 Å². The Hall–Kier alpha value is -3.00. The third kappa shape index (κ3) is 7.51. The normalized spacial score (nSPS) is 12.2. The molecule has 0 aliphatic carbocycles. The van der Waals surface area contributed by atoms with E-state index in [9.17, 15) is 34.8 Å². The molecule has 1 amide bonds. The molecule has 0 radical (unpaired) electrons. The zero-order valence-corrected chi connectivity index (χ0v) is 21.9. The van der Waals surface area contributed by atoms with Crippen molar-refractivity contribution in [2.24, 2.45) is 0 Å². The molecule has 3 aromatic carbocycles. The smallest absolute Gasteiger partial charge is 0.325 e. The largest absolute Gasteiger partial charge is 0.417 e. The second-order valence-electron chi connectivity index (χ2n) is 7.62. The van der Waals surface area contributed by atoms with Crippen molar-refractivity contribution in [1.82, 2.24) is 0 Å². The lowest BCUT2D eigenvalue weighted by Gasteiger charge is -2.23. The van der Waals surface area contributed by atoms with Crippen molar-refractivity contribution in [3.8, 4) is 0 Å². The van der Waals surface area contributed by atoms with E-state index in [0.717, 1.165) is 18.4 Å². The number of halogens is 5. The first kappa shape index (κ1) is 28.6. The maximum atomic E-state index is 13.2. The zero-order chi connectivity index (χ0) is 27.6. The van der Waals surface area contributed by atoms with Gasteiger partial charge in [0.2, 0.25) is 15.9 Å². The second kappa shape index (κ2) is 10.8. The van der Waals surface area contributed by atoms with E-state index < -0.39 is 54.9 Å². The van der Waals surface area contributed by atoms with E-state index in [1.165, 1.54) is 48.5 Å². The fraction of sp³-hybridized carbons (Fsp3) is 0.136. The van der Waals surface area contributed by atoms with Gasteiger partial charge in [0, 0.05) is 16.4 Å². The molecule has 0 aliphatic heterocycles. The highest BCUT2D eigenvalue weighted by molar-refractivity contribution is 7.92. The molecule has 198 valence electrons. The van der Waals surface area contributed by atoms with Gasteiger partial charge in [-0.1, -0.05) is 23.2 Å². The first-order chi connectivity index (χ1) is 17.1. The molecule has 3 rings (SSSR count). The molecule has 0 fully saturated rings. The predicted octanol–water partition coefficient (Wildman–Crippen LogP) is 5.22. The lowest BCUT2D eigenvalue weighted by Crippen LogP contribution is -2.37. The van der Waals surface area contributed by atoms with Crippen molar-refractivity contribution in [2.75, 3.05) is 27.1 Å². The molecule has 2 N–H and O–H groups in total. The minimum atomic E-state index is -4.84. The van der Waals surface area contributed by atoms with E-state index >= 15 is 0 Å². The van der Waals surface area contributed by atoms with Gasteiger partial charge in [-0.2, -0.15) is 13.2 Å². The molecule has 37 heavy (non-hydrogen) atoms. The van der Waals surface area contributed by atoms with Crippen LogP contribution in [0.25, 0.3) is 0 Å². The highest BCUT2D eigenvalue weighted by Crippen LogP contribution is 2.37. The molecule has 0 aromatic heterocycles. The fourth-order valence-electron chi connectivity index (χ4n) is 3.07. The summed E-state index contributed by atoms with van der Waals surface area (Å²) < 4.78 is 92.1. The maximum Gasteiger partial charge on any atom is 0.417 e. The predicted molar refractivity (Wildman–Crippen MR) is 136 cm³/mol. The molecule has 15 heteroatoms. The fourth-order valence-corrected chi connectivity index (χ4v) is 5.32. The standard InChI is InChI=1S/C22H18Cl2F3N3O5S2/c1-36(32,33)30(17-8-11-20(24)19(12-17)22(25,26)27)13-21(31)28-15-6-9-18(10-7-15)37(34,35)29-16-4-2-14(23)3-5-16/h2-12,29H,13H2,1H3,(H,28,31). The average molecular weight is 596 g/mol. The zero-order valence-electron chi connectivity index (χ0n) is 18.8. The van der Waals surface area contributed by atoms with Crippen molar-refractivity contribution in [1.29, 1.82) is 0 Å². The summed E-state index contributed by atoms with van der Waals surface area (Å²) in [4.78, 5) is 12.4. The van der Waals surface area contributed by atoms with Crippen LogP contribution in [-0.4, -0.2) is 35.5 Å². The molecule has 0 spiro atoms. The number of nitrogens with one attached hydrogen (secondary N) is 2. The summed E-state index contributed by atoms with van der Waals surface area (Å²) in [5.74, 6) is -0.885. The molecule has 0 bridgehead atoms. The van der Waals surface area contributed by atoms with E-state index in [-0.39, 0.29) is 16.3 Å². The van der Waals surface area contributed by atoms with Crippen LogP contribution in [0.1, 0.15) is 5.56 Å². The van der Waals surface area contributed by atoms with Crippen LogP contribution < -0.4 is 14.3 Å². The van der Waals surface area contributed by atoms with Crippen LogP contribution >= 0.6 is 23.2 Å². The molecule has 0 heterocycles. The molecule has 0 unspecified atom stereocenters. The number of amides is 1. The van der Waals surface area contributed by atoms with Crippen LogP contribution in [-0.2, 0) is 31.0 Å². The first-order valence-corrected chi connectivity index (χ1v) is 14.2. The summed E-state index contributed by atoms with van der Waals surface area (Å²) in [6, 6.07) is 13.4. The Labute approximate surface area is 221 Å². The van der Waals surface area contributed by atoms with Gasteiger partial charge in [0.1, 0.15) is 6.54 Å². The SMILES string of the molecule is CS(=O)(=O)N(CC(=O)Nc1ccc(S(=O)(=O)Nc2ccc(Cl)cc2)cc1)c1ccc(Cl)c(C(F)(F)F)c1. The summed E-state index contributed by atoms with van der Waals surface area (Å²) in [5, 5.41) is 2.18. The number of sulfonamides is 2. The molecule has 0 aliphatic rings. The van der Waals surface area contributed by atoms with Crippen molar-refractivity contribution < 1.29 is 34.8 Å². The number of anilines is 3. The molecule has 0 atom stereocenters. The van der Waals surface area contributed by atoms with Gasteiger partial charge < -0.3 is 5.32 Å². The molecule has 0 saturated carbocycles. The monoisotopic (exact) mass is 595 g/mol. The van der Waals surface area contributed by atoms with Gasteiger partial charge in [-0.05, 0) is 66.7 Å². The van der Waals surface area contributed by atoms with Crippen LogP contribution in [0.2, 0.25) is 10.0 Å². The Bertz CT molecular complexity index is 1510. The van der Waals surface area contributed by atoms with Gasteiger partial charge in [-0.3, -0.25) is 13.8 Å². The Morgan fingerprint density at radius 2 is 1.46 bits per heavy atom. The first-order valence-electron chi connectivity index (χ1n) is 10.1. The third-order valence-corrected chi connectivity index (χ3v) is 7.90. The average Bonchev–Trinajstić information content (AvgIpc) is 2.78. The number of hydrogen-bond acceptors (Lipinski definition) is 5. The highest BCUT2D eigenvalue weighted by atomic mass is 35.5. The van der Waals surface area contributed by atoms with Gasteiger partial charge >= 0.3 is 6.18 Å². The number of rotatable bonds is 8. The summed E-state index contributed by atoms with van der Waals surface area (Å²) in [6.07, 6.45) is -4.11. The number of benzene rings is 3. The van der Waals surface area contributed by atoms with Crippen molar-refractivity contribution in [3.63, 3.8) is 0 Å². The summed E-state index contributed by atoms with van der Waals surface area (Å²) >= 11 is 11.4. The second-order valence-corrected chi connectivity index (χ2v) is 12.0. The number of nitrogens with zero attached hydrogens (tertiary/aromatic N) is 1. The summed E-state index contributed by atoms with van der Waals surface area (Å²) in [7, 11) is -8.13. The van der Waals surface area contributed by atoms with E-state index in [2.05, 4.69) is 10.0 Å². The number of hydrogen-bond donors (Lipinski definition) is 2. The summed E-state index contributed by atoms with van der Waals surface area (Å²) in [6.45, 7) is -0.851. The number of alkyl halides is 3. The Balaban J connectivity index is 1.76. The van der Waals surface area contributed by atoms with Crippen LogP contribution in [0.4, 0.5) is 30.2 Å². The van der Waals surface area contributed by atoms with Gasteiger partial charge in [0.05, 0.1) is 27.4 Å². The Morgan fingerprint density at radius 3 is 2.00 bits per heavy atom. The minimum absolute atomic E-state index is 0.121. The highest BCUT2D eigenvalue weighted by Gasteiger charge is 2.34. The van der Waals surface area contributed by atoms with E-state index in [1.54, 1.807) is 0 Å². The molecule has 3 aromatic rings. The molecular formula is C22H18Cl2F3N3O5S2. The van der Waals surface area contributed by atoms with Crippen molar-refractivity contribution in [3.05, 3.63) is 82.3 Å². The van der Waals surface area contributed by atoms with E-state index in [1.807, 2.05) is 0 Å². The van der Waals surface area contributed by atoms with Crippen LogP contribution in [0.3, 0.4) is 0 Å². The van der Waals surface area contributed by atoms with Crippen molar-refractivity contribution >= 4 is 66.2 Å². The van der Waals surface area contributed by atoms with Gasteiger partial charge in [-0.25, -0.2) is 16.8 Å². The van der Waals surface area contributed by atoms with Crippen LogP contribution in [0, 0.1) is 0 Å². The molecule has 8 nitrogen and oxygen atoms in total. The van der Waals surface area contributed by atoms with Crippen LogP contribution in [0.5, 0.6) is 0 Å². The van der Waals surface area contributed by atoms with E-state index in [0.29, 0.717) is 15.4 Å². The maximum absolute atomic E-state index is 13.2. The Kier molecular flexibility index (Phi) is 8.32. The van der Waals surface area contributed by atoms with Crippen LogP contribution in [0.15, 0.2) is 71.6 Å². The number of carbonyl (C=O) groups excluding carboxylic acids is 1. The lowest BCUT2D eigenvalue weighted by atomic mass is 10.2. The van der Waals surface area contributed by atoms with Gasteiger partial charge in [0.25, 0.3) is 10.0 Å². The quantitative estimate of drug-likeness (QED) is 0.371. The van der Waals surface area contributed by atoms with Gasteiger partial charge in [0.15, 0.2) is 0 Å². The Morgan fingerprint density at radius 1 is 0.892 bits per heavy atom. The number of carbonyl (C=O) groups is 1. The summed E-state index contributed by atoms with van der Waals surface area (Å²) in [5.41, 5.74) is -1.27. The lowest BCUT2D eigenvalue weighted by molar-refractivity contribution is -0.137. The topological polar surface area (TPSA) is 113 Å². The molecule has 0 saturated heterocycles. The van der Waals surface area contributed by atoms with Crippen molar-refractivity contribution in [2.45, 2.75) is 11.1 Å². The van der Waals surface area contributed by atoms with Gasteiger partial charge in [-0.15, -0.1) is 0 Å². The third-order valence-electron chi connectivity index (χ3n) is 4.78. The molecular weight excluding hydrogens is 578 g/mol.